The fraction of sp³-hybridized carbons (Fsp3) is 0.235. The van der Waals surface area contributed by atoms with Crippen LogP contribution in [0, 0.1) is 18.3 Å². The second-order valence-electron chi connectivity index (χ2n) is 12.0. The highest BCUT2D eigenvalue weighted by molar-refractivity contribution is 6.38. The highest BCUT2D eigenvalue weighted by atomic mass is 35.5. The number of carbonyl (C=O) groups excluding carboxylic acids is 3. The Morgan fingerprint density at radius 1 is 1.09 bits per heavy atom. The lowest BCUT2D eigenvalue weighted by Crippen LogP contribution is -2.34. The molecule has 0 N–H and O–H groups in total. The number of rotatable bonds is 5. The molecule has 6 rings (SSSR count). The second kappa shape index (κ2) is 11.5. The van der Waals surface area contributed by atoms with E-state index >= 15 is 0 Å². The standard InChI is InChI=1S/C34H29ClN6O5/c1-19-24(10-7-11-25(19)31-38-26-13-20(18-42)12-22(15-36)29(26)45-31)21-8-6-9-23(14-21)41(35)32(43)30-37-27-16-40(17-28(27)39(30)5)33(44)46-34(2,3)4/h6-14,18H,16-17H2,1-5H3. The lowest BCUT2D eigenvalue weighted by molar-refractivity contribution is 0.0237. The van der Waals surface area contributed by atoms with Crippen LogP contribution in [0.25, 0.3) is 33.7 Å². The summed E-state index contributed by atoms with van der Waals surface area (Å²) in [5.74, 6) is -0.0513. The van der Waals surface area contributed by atoms with E-state index in [0.717, 1.165) is 26.8 Å². The molecule has 46 heavy (non-hydrogen) atoms. The third kappa shape index (κ3) is 5.48. The van der Waals surface area contributed by atoms with E-state index in [1.807, 2.05) is 31.2 Å². The van der Waals surface area contributed by atoms with Gasteiger partial charge in [-0.3, -0.25) is 14.5 Å². The number of halogens is 1. The molecule has 11 nitrogen and oxygen atoms in total. The fourth-order valence-corrected chi connectivity index (χ4v) is 5.66. The highest BCUT2D eigenvalue weighted by Gasteiger charge is 2.34. The Morgan fingerprint density at radius 2 is 1.83 bits per heavy atom. The van der Waals surface area contributed by atoms with E-state index in [-0.39, 0.29) is 24.5 Å². The van der Waals surface area contributed by atoms with Crippen molar-refractivity contribution in [3.63, 3.8) is 0 Å². The zero-order chi connectivity index (χ0) is 32.9. The van der Waals surface area contributed by atoms with Crippen molar-refractivity contribution in [2.45, 2.75) is 46.4 Å². The normalized spacial score (nSPS) is 12.6. The van der Waals surface area contributed by atoms with Gasteiger partial charge >= 0.3 is 12.0 Å². The number of fused-ring (bicyclic) bond motifs is 2. The minimum Gasteiger partial charge on any atom is -0.444 e. The minimum atomic E-state index is -0.622. The van der Waals surface area contributed by atoms with Crippen LogP contribution in [0.4, 0.5) is 10.5 Å². The molecule has 12 heteroatoms. The number of aldehydes is 1. The van der Waals surface area contributed by atoms with E-state index in [9.17, 15) is 19.6 Å². The zero-order valence-electron chi connectivity index (χ0n) is 25.8. The topological polar surface area (TPSA) is 135 Å². The highest BCUT2D eigenvalue weighted by Crippen LogP contribution is 2.36. The molecule has 0 aliphatic carbocycles. The van der Waals surface area contributed by atoms with Crippen LogP contribution in [0.2, 0.25) is 0 Å². The molecule has 5 aromatic rings. The monoisotopic (exact) mass is 636 g/mol. The summed E-state index contributed by atoms with van der Waals surface area (Å²) in [7, 11) is 1.72. The Bertz CT molecular complexity index is 2100. The van der Waals surface area contributed by atoms with Gasteiger partial charge in [0.15, 0.2) is 5.58 Å². The average molecular weight is 637 g/mol. The number of anilines is 1. The largest absolute Gasteiger partial charge is 0.444 e. The Kier molecular flexibility index (Phi) is 7.62. The molecule has 0 saturated heterocycles. The lowest BCUT2D eigenvalue weighted by Gasteiger charge is -2.24. The van der Waals surface area contributed by atoms with Crippen LogP contribution >= 0.6 is 11.8 Å². The number of nitriles is 1. The van der Waals surface area contributed by atoms with Gasteiger partial charge in [-0.1, -0.05) is 24.3 Å². The first kappa shape index (κ1) is 30.6. The lowest BCUT2D eigenvalue weighted by atomic mass is 9.96. The Labute approximate surface area is 269 Å². The summed E-state index contributed by atoms with van der Waals surface area (Å²) in [6, 6.07) is 18.0. The first-order valence-electron chi connectivity index (χ1n) is 14.4. The van der Waals surface area contributed by atoms with Crippen molar-refractivity contribution in [1.29, 1.82) is 5.26 Å². The Morgan fingerprint density at radius 3 is 2.52 bits per heavy atom. The number of ether oxygens (including phenoxy) is 1. The molecular formula is C34H29ClN6O5. The number of aromatic nitrogens is 3. The quantitative estimate of drug-likeness (QED) is 0.150. The molecule has 0 spiro atoms. The van der Waals surface area contributed by atoms with E-state index in [2.05, 4.69) is 16.0 Å². The summed E-state index contributed by atoms with van der Waals surface area (Å²) in [6.07, 6.45) is 0.225. The molecule has 3 heterocycles. The predicted molar refractivity (Wildman–Crippen MR) is 171 cm³/mol. The first-order chi connectivity index (χ1) is 21.9. The fourth-order valence-electron chi connectivity index (χ4n) is 5.48. The molecule has 0 unspecified atom stereocenters. The van der Waals surface area contributed by atoms with E-state index < -0.39 is 17.6 Å². The summed E-state index contributed by atoms with van der Waals surface area (Å²) < 4.78 is 14.2. The molecule has 2 amide bonds. The number of hydrogen-bond acceptors (Lipinski definition) is 8. The van der Waals surface area contributed by atoms with Crippen molar-refractivity contribution in [2.75, 3.05) is 4.42 Å². The second-order valence-corrected chi connectivity index (χ2v) is 12.3. The molecule has 0 saturated carbocycles. The first-order valence-corrected chi connectivity index (χ1v) is 14.7. The van der Waals surface area contributed by atoms with Gasteiger partial charge in [0.05, 0.1) is 35.7 Å². The van der Waals surface area contributed by atoms with Gasteiger partial charge in [0.1, 0.15) is 23.5 Å². The van der Waals surface area contributed by atoms with Gasteiger partial charge in [0.2, 0.25) is 11.7 Å². The zero-order valence-corrected chi connectivity index (χ0v) is 26.5. The third-order valence-corrected chi connectivity index (χ3v) is 8.06. The number of amides is 2. The van der Waals surface area contributed by atoms with Crippen LogP contribution < -0.4 is 4.42 Å². The van der Waals surface area contributed by atoms with Gasteiger partial charge in [-0.15, -0.1) is 0 Å². The maximum absolute atomic E-state index is 13.6. The summed E-state index contributed by atoms with van der Waals surface area (Å²) in [5, 5.41) is 9.56. The smallest absolute Gasteiger partial charge is 0.410 e. The van der Waals surface area contributed by atoms with Crippen molar-refractivity contribution >= 4 is 46.9 Å². The van der Waals surface area contributed by atoms with Crippen LogP contribution in [0.1, 0.15) is 64.3 Å². The van der Waals surface area contributed by atoms with Crippen molar-refractivity contribution < 1.29 is 23.5 Å². The molecule has 232 valence electrons. The van der Waals surface area contributed by atoms with E-state index in [1.54, 1.807) is 61.6 Å². The van der Waals surface area contributed by atoms with Gasteiger partial charge in [0.25, 0.3) is 0 Å². The van der Waals surface area contributed by atoms with Crippen LogP contribution in [0.5, 0.6) is 0 Å². The van der Waals surface area contributed by atoms with E-state index in [1.165, 1.54) is 6.07 Å². The molecule has 1 aliphatic rings. The summed E-state index contributed by atoms with van der Waals surface area (Å²) in [4.78, 5) is 48.1. The third-order valence-electron chi connectivity index (χ3n) is 7.72. The SMILES string of the molecule is Cc1c(-c2cccc(N(Cl)C(=O)c3nc4c(n3C)CN(C(=O)OC(C)(C)C)C4)c2)cccc1-c1nc2cc(C=O)cc(C#N)c2o1. The number of nitrogens with zero attached hydrogens (tertiary/aromatic N) is 6. The molecule has 0 radical (unpaired) electrons. The van der Waals surface area contributed by atoms with Gasteiger partial charge < -0.3 is 13.7 Å². The molecule has 0 atom stereocenters. The van der Waals surface area contributed by atoms with Gasteiger partial charge in [-0.05, 0) is 74.7 Å². The maximum atomic E-state index is 13.6. The molecule has 0 fully saturated rings. The van der Waals surface area contributed by atoms with Crippen molar-refractivity contribution in [2.24, 2.45) is 7.05 Å². The molecule has 0 bridgehead atoms. The molecular weight excluding hydrogens is 608 g/mol. The number of carbonyl (C=O) groups is 3. The number of oxazole rings is 1. The molecule has 1 aliphatic heterocycles. The average Bonchev–Trinajstić information content (AvgIpc) is 3.73. The van der Waals surface area contributed by atoms with Gasteiger partial charge in [-0.2, -0.15) is 5.26 Å². The van der Waals surface area contributed by atoms with E-state index in [4.69, 9.17) is 20.9 Å². The van der Waals surface area contributed by atoms with Crippen molar-refractivity contribution in [3.8, 4) is 28.7 Å². The van der Waals surface area contributed by atoms with Crippen molar-refractivity contribution in [1.82, 2.24) is 19.4 Å². The van der Waals surface area contributed by atoms with Gasteiger partial charge in [0, 0.05) is 30.0 Å². The van der Waals surface area contributed by atoms with Gasteiger partial charge in [-0.25, -0.2) is 19.2 Å². The van der Waals surface area contributed by atoms with Crippen LogP contribution in [-0.2, 0) is 24.9 Å². The summed E-state index contributed by atoms with van der Waals surface area (Å²) >= 11 is 6.63. The van der Waals surface area contributed by atoms with Crippen LogP contribution in [0.3, 0.4) is 0 Å². The van der Waals surface area contributed by atoms with Crippen molar-refractivity contribution in [3.05, 3.63) is 88.5 Å². The molecule has 2 aromatic heterocycles. The Hall–Kier alpha value is -5.47. The number of benzene rings is 3. The Balaban J connectivity index is 1.26. The number of hydrogen-bond donors (Lipinski definition) is 0. The minimum absolute atomic E-state index is 0.151. The summed E-state index contributed by atoms with van der Waals surface area (Å²) in [5.41, 5.74) is 5.66. The number of imidazole rings is 1. The maximum Gasteiger partial charge on any atom is 0.410 e. The van der Waals surface area contributed by atoms with Crippen LogP contribution in [0.15, 0.2) is 59.0 Å². The predicted octanol–water partition coefficient (Wildman–Crippen LogP) is 6.94. The molecule has 3 aromatic carbocycles. The summed E-state index contributed by atoms with van der Waals surface area (Å²) in [6.45, 7) is 7.84. The van der Waals surface area contributed by atoms with E-state index in [0.29, 0.717) is 45.8 Å². The van der Waals surface area contributed by atoms with Crippen LogP contribution in [-0.4, -0.2) is 43.3 Å².